The molecule has 4 nitrogen and oxygen atoms in total. The summed E-state index contributed by atoms with van der Waals surface area (Å²) in [6, 6.07) is 0. The number of carbonyl (C=O) groups is 2. The molecule has 1 unspecified atom stereocenters. The number of likely N-dealkylation sites (tertiary alicyclic amines) is 1. The van der Waals surface area contributed by atoms with E-state index in [1.165, 1.54) is 32.1 Å². The molecule has 1 saturated heterocycles. The number of ether oxygens (including phenoxy) is 1. The second-order valence-corrected chi connectivity index (χ2v) is 6.47. The van der Waals surface area contributed by atoms with Crippen molar-refractivity contribution >= 4 is 11.9 Å². The summed E-state index contributed by atoms with van der Waals surface area (Å²) in [5.74, 6) is 0.725. The standard InChI is InChI=1S/C17H29NO3/c1-2-21-17(20)15-9-6-12-18(13-15)16(19)11-10-14-7-4-3-5-8-14/h14-15H,2-13H2,1H3. The first kappa shape index (κ1) is 16.3. The monoisotopic (exact) mass is 295 g/mol. The number of amides is 1. The lowest BCUT2D eigenvalue weighted by atomic mass is 9.86. The molecule has 1 aliphatic heterocycles. The van der Waals surface area contributed by atoms with Crippen LogP contribution in [0.3, 0.4) is 0 Å². The van der Waals surface area contributed by atoms with Crippen molar-refractivity contribution < 1.29 is 14.3 Å². The molecule has 2 aliphatic rings. The van der Waals surface area contributed by atoms with E-state index in [1.807, 2.05) is 11.8 Å². The number of carbonyl (C=O) groups excluding carboxylic acids is 2. The fourth-order valence-corrected chi connectivity index (χ4v) is 3.62. The molecule has 1 amide bonds. The second kappa shape index (κ2) is 8.40. The molecule has 1 atom stereocenters. The molecule has 0 aromatic carbocycles. The number of piperidine rings is 1. The lowest BCUT2D eigenvalue weighted by Gasteiger charge is -2.32. The first-order chi connectivity index (χ1) is 10.2. The molecule has 0 bridgehead atoms. The summed E-state index contributed by atoms with van der Waals surface area (Å²) in [5, 5.41) is 0. The predicted molar refractivity (Wildman–Crippen MR) is 81.7 cm³/mol. The van der Waals surface area contributed by atoms with E-state index in [4.69, 9.17) is 4.74 Å². The van der Waals surface area contributed by atoms with Gasteiger partial charge in [0.25, 0.3) is 0 Å². The van der Waals surface area contributed by atoms with Crippen molar-refractivity contribution in [3.63, 3.8) is 0 Å². The summed E-state index contributed by atoms with van der Waals surface area (Å²) >= 11 is 0. The van der Waals surface area contributed by atoms with E-state index in [9.17, 15) is 9.59 Å². The van der Waals surface area contributed by atoms with Crippen molar-refractivity contribution in [2.45, 2.75) is 64.7 Å². The van der Waals surface area contributed by atoms with Crippen LogP contribution < -0.4 is 0 Å². The maximum atomic E-state index is 12.3. The SMILES string of the molecule is CCOC(=O)C1CCCN(C(=O)CCC2CCCCC2)C1. The predicted octanol–water partition coefficient (Wildman–Crippen LogP) is 3.15. The van der Waals surface area contributed by atoms with Gasteiger partial charge < -0.3 is 9.64 Å². The molecule has 0 radical (unpaired) electrons. The average Bonchev–Trinajstić information content (AvgIpc) is 2.54. The topological polar surface area (TPSA) is 46.6 Å². The highest BCUT2D eigenvalue weighted by molar-refractivity contribution is 5.78. The van der Waals surface area contributed by atoms with Crippen LogP contribution in [0.5, 0.6) is 0 Å². The van der Waals surface area contributed by atoms with Gasteiger partial charge in [-0.1, -0.05) is 32.1 Å². The summed E-state index contributed by atoms with van der Waals surface area (Å²) < 4.78 is 5.09. The molecular weight excluding hydrogens is 266 g/mol. The third kappa shape index (κ3) is 5.01. The fraction of sp³-hybridized carbons (Fsp3) is 0.882. The molecule has 1 heterocycles. The third-order valence-corrected chi connectivity index (χ3v) is 4.89. The van der Waals surface area contributed by atoms with Crippen LogP contribution in [-0.2, 0) is 14.3 Å². The van der Waals surface area contributed by atoms with Gasteiger partial charge >= 0.3 is 5.97 Å². The quantitative estimate of drug-likeness (QED) is 0.732. The van der Waals surface area contributed by atoms with Gasteiger partial charge in [0.15, 0.2) is 0 Å². The van der Waals surface area contributed by atoms with Crippen LogP contribution >= 0.6 is 0 Å². The number of esters is 1. The minimum atomic E-state index is -0.137. The zero-order valence-electron chi connectivity index (χ0n) is 13.3. The Bertz CT molecular complexity index is 350. The first-order valence-corrected chi connectivity index (χ1v) is 8.65. The molecule has 0 aromatic rings. The van der Waals surface area contributed by atoms with Crippen molar-refractivity contribution in [2.24, 2.45) is 11.8 Å². The molecule has 120 valence electrons. The van der Waals surface area contributed by atoms with E-state index in [1.54, 1.807) is 0 Å². The molecule has 0 spiro atoms. The lowest BCUT2D eigenvalue weighted by Crippen LogP contribution is -2.42. The summed E-state index contributed by atoms with van der Waals surface area (Å²) in [6.07, 6.45) is 10.0. The molecular formula is C17H29NO3. The van der Waals surface area contributed by atoms with Gasteiger partial charge in [-0.25, -0.2) is 0 Å². The van der Waals surface area contributed by atoms with Gasteiger partial charge in [0.1, 0.15) is 0 Å². The second-order valence-electron chi connectivity index (χ2n) is 6.47. The van der Waals surface area contributed by atoms with Crippen LogP contribution in [0.25, 0.3) is 0 Å². The fourth-order valence-electron chi connectivity index (χ4n) is 3.62. The normalized spacial score (nSPS) is 23.9. The van der Waals surface area contributed by atoms with Crippen molar-refractivity contribution in [1.29, 1.82) is 0 Å². The van der Waals surface area contributed by atoms with Crippen molar-refractivity contribution in [3.8, 4) is 0 Å². The van der Waals surface area contributed by atoms with E-state index in [0.29, 0.717) is 19.6 Å². The van der Waals surface area contributed by atoms with Gasteiger partial charge in [0.05, 0.1) is 12.5 Å². The summed E-state index contributed by atoms with van der Waals surface area (Å²) in [7, 11) is 0. The van der Waals surface area contributed by atoms with Gasteiger partial charge in [0.2, 0.25) is 5.91 Å². The number of nitrogens with zero attached hydrogens (tertiary/aromatic N) is 1. The highest BCUT2D eigenvalue weighted by Gasteiger charge is 2.29. The zero-order chi connectivity index (χ0) is 15.1. The van der Waals surface area contributed by atoms with Crippen LogP contribution in [0.2, 0.25) is 0 Å². The van der Waals surface area contributed by atoms with Gasteiger partial charge in [-0.3, -0.25) is 9.59 Å². The van der Waals surface area contributed by atoms with Gasteiger partial charge in [-0.05, 0) is 32.1 Å². The Morgan fingerprint density at radius 1 is 1.10 bits per heavy atom. The van der Waals surface area contributed by atoms with Crippen molar-refractivity contribution in [2.75, 3.05) is 19.7 Å². The van der Waals surface area contributed by atoms with E-state index >= 15 is 0 Å². The molecule has 2 fully saturated rings. The smallest absolute Gasteiger partial charge is 0.310 e. The highest BCUT2D eigenvalue weighted by Crippen LogP contribution is 2.28. The Balaban J connectivity index is 1.74. The Labute approximate surface area is 128 Å². The molecule has 1 aliphatic carbocycles. The van der Waals surface area contributed by atoms with Gasteiger partial charge in [-0.2, -0.15) is 0 Å². The molecule has 1 saturated carbocycles. The summed E-state index contributed by atoms with van der Waals surface area (Å²) in [4.78, 5) is 26.0. The van der Waals surface area contributed by atoms with Gasteiger partial charge in [-0.15, -0.1) is 0 Å². The largest absolute Gasteiger partial charge is 0.466 e. The Morgan fingerprint density at radius 3 is 2.57 bits per heavy atom. The average molecular weight is 295 g/mol. The Morgan fingerprint density at radius 2 is 1.86 bits per heavy atom. The Hall–Kier alpha value is -1.06. The number of rotatable bonds is 5. The highest BCUT2D eigenvalue weighted by atomic mass is 16.5. The number of hydrogen-bond donors (Lipinski definition) is 0. The molecule has 4 heteroatoms. The molecule has 2 rings (SSSR count). The minimum absolute atomic E-state index is 0.114. The van der Waals surface area contributed by atoms with Crippen LogP contribution in [0.4, 0.5) is 0 Å². The van der Waals surface area contributed by atoms with Crippen LogP contribution in [0, 0.1) is 11.8 Å². The van der Waals surface area contributed by atoms with Gasteiger partial charge in [0, 0.05) is 19.5 Å². The third-order valence-electron chi connectivity index (χ3n) is 4.89. The maximum absolute atomic E-state index is 12.3. The lowest BCUT2D eigenvalue weighted by molar-refractivity contribution is -0.151. The molecule has 21 heavy (non-hydrogen) atoms. The van der Waals surface area contributed by atoms with Crippen molar-refractivity contribution in [3.05, 3.63) is 0 Å². The summed E-state index contributed by atoms with van der Waals surface area (Å²) in [6.45, 7) is 3.61. The first-order valence-electron chi connectivity index (χ1n) is 8.65. The Kier molecular flexibility index (Phi) is 6.52. The van der Waals surface area contributed by atoms with E-state index in [0.717, 1.165) is 31.7 Å². The summed E-state index contributed by atoms with van der Waals surface area (Å²) in [5.41, 5.74) is 0. The maximum Gasteiger partial charge on any atom is 0.310 e. The minimum Gasteiger partial charge on any atom is -0.466 e. The van der Waals surface area contributed by atoms with E-state index < -0.39 is 0 Å². The molecule has 0 N–H and O–H groups in total. The van der Waals surface area contributed by atoms with E-state index in [2.05, 4.69) is 0 Å². The van der Waals surface area contributed by atoms with Crippen LogP contribution in [0.15, 0.2) is 0 Å². The zero-order valence-corrected chi connectivity index (χ0v) is 13.3. The van der Waals surface area contributed by atoms with Crippen LogP contribution in [0.1, 0.15) is 64.7 Å². The number of hydrogen-bond acceptors (Lipinski definition) is 3. The van der Waals surface area contributed by atoms with Crippen LogP contribution in [-0.4, -0.2) is 36.5 Å². The van der Waals surface area contributed by atoms with Crippen molar-refractivity contribution in [1.82, 2.24) is 4.90 Å². The van der Waals surface area contributed by atoms with E-state index in [-0.39, 0.29) is 17.8 Å². The molecule has 0 aromatic heterocycles.